The number of carbonyl (C=O) groups is 1. The van der Waals surface area contributed by atoms with Gasteiger partial charge in [-0.25, -0.2) is 9.97 Å². The second-order valence-electron chi connectivity index (χ2n) is 8.66. The van der Waals surface area contributed by atoms with Crippen LogP contribution in [0.2, 0.25) is 5.02 Å². The number of hydrogen-bond acceptors (Lipinski definition) is 7. The van der Waals surface area contributed by atoms with Gasteiger partial charge >= 0.3 is 6.18 Å². The molecule has 12 heteroatoms. The molecule has 1 saturated heterocycles. The van der Waals surface area contributed by atoms with Crippen molar-refractivity contribution in [1.29, 1.82) is 0 Å². The fourth-order valence-electron chi connectivity index (χ4n) is 4.14. The second kappa shape index (κ2) is 10.6. The number of halogens is 4. The third-order valence-electron chi connectivity index (χ3n) is 6.11. The number of piperazine rings is 1. The lowest BCUT2D eigenvalue weighted by Crippen LogP contribution is -2.46. The van der Waals surface area contributed by atoms with E-state index in [1.807, 2.05) is 24.3 Å². The van der Waals surface area contributed by atoms with Crippen molar-refractivity contribution >= 4 is 46.3 Å². The number of alkyl halides is 3. The molecule has 4 aromatic rings. The number of amides is 1. The molecule has 3 heterocycles. The van der Waals surface area contributed by atoms with E-state index in [1.54, 1.807) is 19.2 Å². The molecule has 1 aliphatic rings. The Balaban J connectivity index is 1.25. The molecule has 1 amide bonds. The van der Waals surface area contributed by atoms with Crippen molar-refractivity contribution in [3.63, 3.8) is 0 Å². The Morgan fingerprint density at radius 3 is 2.39 bits per heavy atom. The standard InChI is InChI=1S/C26H22ClF3N6OS/c1-16-22(38-24(32-16)17-5-7-18(8-6-17)26(28,29)30)23(37)34-25-31-10-9-21(33-25)36-13-11-35(12-14-36)20-4-2-3-19(27)15-20/h2-10,15H,11-14H2,1H3,(H,31,33,34,37). The number of benzene rings is 2. The molecule has 0 unspecified atom stereocenters. The van der Waals surface area contributed by atoms with Gasteiger partial charge in [0.1, 0.15) is 15.7 Å². The Kier molecular flexibility index (Phi) is 7.22. The van der Waals surface area contributed by atoms with Crippen molar-refractivity contribution in [2.45, 2.75) is 13.1 Å². The summed E-state index contributed by atoms with van der Waals surface area (Å²) >= 11 is 7.22. The summed E-state index contributed by atoms with van der Waals surface area (Å²) in [6.07, 6.45) is -2.82. The van der Waals surface area contributed by atoms with E-state index in [1.165, 1.54) is 12.1 Å². The summed E-state index contributed by atoms with van der Waals surface area (Å²) in [6.45, 7) is 4.73. The van der Waals surface area contributed by atoms with Crippen molar-refractivity contribution in [3.05, 3.63) is 82.0 Å². The van der Waals surface area contributed by atoms with Gasteiger partial charge in [-0.2, -0.15) is 18.2 Å². The smallest absolute Gasteiger partial charge is 0.368 e. The average molecular weight is 559 g/mol. The molecule has 0 bridgehead atoms. The monoisotopic (exact) mass is 558 g/mol. The fourth-order valence-corrected chi connectivity index (χ4v) is 5.29. The van der Waals surface area contributed by atoms with Crippen LogP contribution in [-0.2, 0) is 6.18 Å². The van der Waals surface area contributed by atoms with Gasteiger partial charge in [-0.05, 0) is 43.3 Å². The van der Waals surface area contributed by atoms with Gasteiger partial charge in [0.15, 0.2) is 0 Å². The predicted octanol–water partition coefficient (Wildman–Crippen LogP) is 6.16. The van der Waals surface area contributed by atoms with Gasteiger partial charge in [0.2, 0.25) is 5.95 Å². The summed E-state index contributed by atoms with van der Waals surface area (Å²) in [4.78, 5) is 30.8. The molecule has 1 N–H and O–H groups in total. The zero-order chi connectivity index (χ0) is 26.9. The summed E-state index contributed by atoms with van der Waals surface area (Å²) in [6, 6.07) is 14.3. The lowest BCUT2D eigenvalue weighted by atomic mass is 10.1. The van der Waals surface area contributed by atoms with Crippen molar-refractivity contribution in [3.8, 4) is 10.6 Å². The Morgan fingerprint density at radius 1 is 1.00 bits per heavy atom. The number of nitrogens with zero attached hydrogens (tertiary/aromatic N) is 5. The minimum absolute atomic E-state index is 0.161. The second-order valence-corrected chi connectivity index (χ2v) is 10.1. The molecule has 2 aromatic carbocycles. The Morgan fingerprint density at radius 2 is 1.71 bits per heavy atom. The number of rotatable bonds is 5. The first kappa shape index (κ1) is 25.9. The maximum absolute atomic E-state index is 13.0. The highest BCUT2D eigenvalue weighted by molar-refractivity contribution is 7.17. The summed E-state index contributed by atoms with van der Waals surface area (Å²) in [5.74, 6) is 0.433. The van der Waals surface area contributed by atoms with Gasteiger partial charge in [0.05, 0.1) is 11.3 Å². The van der Waals surface area contributed by atoms with Crippen LogP contribution in [0.15, 0.2) is 60.8 Å². The molecule has 7 nitrogen and oxygen atoms in total. The first-order chi connectivity index (χ1) is 18.2. The van der Waals surface area contributed by atoms with E-state index in [4.69, 9.17) is 11.6 Å². The third-order valence-corrected chi connectivity index (χ3v) is 7.55. The Labute approximate surface area is 225 Å². The summed E-state index contributed by atoms with van der Waals surface area (Å²) < 4.78 is 38.6. The van der Waals surface area contributed by atoms with Crippen LogP contribution in [0.3, 0.4) is 0 Å². The molecule has 0 atom stereocenters. The number of hydrogen-bond donors (Lipinski definition) is 1. The molecule has 2 aromatic heterocycles. The molecule has 0 aliphatic carbocycles. The van der Waals surface area contributed by atoms with Crippen LogP contribution in [-0.4, -0.2) is 47.0 Å². The highest BCUT2D eigenvalue weighted by Gasteiger charge is 2.30. The van der Waals surface area contributed by atoms with Crippen molar-refractivity contribution < 1.29 is 18.0 Å². The van der Waals surface area contributed by atoms with Crippen LogP contribution in [0.4, 0.5) is 30.6 Å². The van der Waals surface area contributed by atoms with E-state index < -0.39 is 17.6 Å². The predicted molar refractivity (Wildman–Crippen MR) is 143 cm³/mol. The van der Waals surface area contributed by atoms with Gasteiger partial charge < -0.3 is 9.80 Å². The number of nitrogens with one attached hydrogen (secondary N) is 1. The molecule has 1 aliphatic heterocycles. The van der Waals surface area contributed by atoms with Crippen LogP contribution < -0.4 is 15.1 Å². The topological polar surface area (TPSA) is 74.2 Å². The number of carbonyl (C=O) groups excluding carboxylic acids is 1. The van der Waals surface area contributed by atoms with Gasteiger partial charge in [0.25, 0.3) is 5.91 Å². The summed E-state index contributed by atoms with van der Waals surface area (Å²) in [5.41, 5.74) is 1.30. The Hall–Kier alpha value is -3.70. The van der Waals surface area contributed by atoms with Gasteiger partial charge in [0, 0.05) is 48.6 Å². The maximum atomic E-state index is 13.0. The van der Waals surface area contributed by atoms with Crippen LogP contribution in [0, 0.1) is 6.92 Å². The minimum Gasteiger partial charge on any atom is -0.368 e. The molecule has 0 radical (unpaired) electrons. The fraction of sp³-hybridized carbons (Fsp3) is 0.231. The first-order valence-electron chi connectivity index (χ1n) is 11.7. The minimum atomic E-state index is -4.42. The molecule has 0 spiro atoms. The number of anilines is 3. The molecular weight excluding hydrogens is 537 g/mol. The lowest BCUT2D eigenvalue weighted by molar-refractivity contribution is -0.137. The van der Waals surface area contributed by atoms with Crippen LogP contribution in [0.25, 0.3) is 10.6 Å². The molecule has 5 rings (SSSR count). The van der Waals surface area contributed by atoms with Crippen molar-refractivity contribution in [1.82, 2.24) is 15.0 Å². The number of aryl methyl sites for hydroxylation is 1. The van der Waals surface area contributed by atoms with E-state index in [0.29, 0.717) is 32.0 Å². The van der Waals surface area contributed by atoms with E-state index in [9.17, 15) is 18.0 Å². The van der Waals surface area contributed by atoms with Gasteiger partial charge in [-0.3, -0.25) is 10.1 Å². The van der Waals surface area contributed by atoms with E-state index in [0.717, 1.165) is 55.3 Å². The Bertz CT molecular complexity index is 1450. The largest absolute Gasteiger partial charge is 0.416 e. The number of aromatic nitrogens is 3. The van der Waals surface area contributed by atoms with Crippen LogP contribution in [0.5, 0.6) is 0 Å². The van der Waals surface area contributed by atoms with Crippen LogP contribution in [0.1, 0.15) is 20.9 Å². The normalized spacial score (nSPS) is 14.0. The van der Waals surface area contributed by atoms with Gasteiger partial charge in [-0.1, -0.05) is 29.8 Å². The van der Waals surface area contributed by atoms with E-state index in [2.05, 4.69) is 30.1 Å². The molecule has 1 fully saturated rings. The molecule has 0 saturated carbocycles. The lowest BCUT2D eigenvalue weighted by Gasteiger charge is -2.36. The van der Waals surface area contributed by atoms with Crippen molar-refractivity contribution in [2.24, 2.45) is 0 Å². The molecule has 38 heavy (non-hydrogen) atoms. The maximum Gasteiger partial charge on any atom is 0.416 e. The average Bonchev–Trinajstić information content (AvgIpc) is 3.30. The highest BCUT2D eigenvalue weighted by Crippen LogP contribution is 2.33. The van der Waals surface area contributed by atoms with E-state index >= 15 is 0 Å². The summed E-state index contributed by atoms with van der Waals surface area (Å²) in [5, 5.41) is 3.87. The zero-order valence-corrected chi connectivity index (χ0v) is 21.7. The SMILES string of the molecule is Cc1nc(-c2ccc(C(F)(F)F)cc2)sc1C(=O)Nc1nccc(N2CCN(c3cccc(Cl)c3)CC2)n1. The van der Waals surface area contributed by atoms with Gasteiger partial charge in [-0.15, -0.1) is 11.3 Å². The molecular formula is C26H22ClF3N6OS. The third kappa shape index (κ3) is 5.73. The van der Waals surface area contributed by atoms with Crippen LogP contribution >= 0.6 is 22.9 Å². The van der Waals surface area contributed by atoms with Crippen molar-refractivity contribution in [2.75, 3.05) is 41.3 Å². The molecule has 196 valence electrons. The zero-order valence-electron chi connectivity index (χ0n) is 20.2. The quantitative estimate of drug-likeness (QED) is 0.316. The number of thiazole rings is 1. The summed E-state index contributed by atoms with van der Waals surface area (Å²) in [7, 11) is 0. The highest BCUT2D eigenvalue weighted by atomic mass is 35.5. The van der Waals surface area contributed by atoms with E-state index in [-0.39, 0.29) is 5.95 Å². The first-order valence-corrected chi connectivity index (χ1v) is 12.9.